The Labute approximate surface area is 111 Å². The first-order valence-corrected chi connectivity index (χ1v) is 6.27. The number of nitrogens with one attached hydrogen (secondary N) is 1. The average molecular weight is 257 g/mol. The molecular formula is C14H15N3O2. The third-order valence-electron chi connectivity index (χ3n) is 3.03. The normalized spacial score (nSPS) is 14.9. The Kier molecular flexibility index (Phi) is 4.14. The Morgan fingerprint density at radius 1 is 1.42 bits per heavy atom. The zero-order chi connectivity index (χ0) is 13.7. The van der Waals surface area contributed by atoms with Gasteiger partial charge < -0.3 is 10.2 Å². The van der Waals surface area contributed by atoms with Gasteiger partial charge in [-0.05, 0) is 31.0 Å². The van der Waals surface area contributed by atoms with Crippen LogP contribution in [0, 0.1) is 11.3 Å². The van der Waals surface area contributed by atoms with Gasteiger partial charge in [-0.2, -0.15) is 5.26 Å². The number of likely N-dealkylation sites (tertiary alicyclic amines) is 1. The topological polar surface area (TPSA) is 73.2 Å². The monoisotopic (exact) mass is 257 g/mol. The lowest BCUT2D eigenvalue weighted by molar-refractivity contribution is -0.136. The maximum Gasteiger partial charge on any atom is 0.243 e. The number of piperidine rings is 1. The molecule has 5 heteroatoms. The molecule has 0 unspecified atom stereocenters. The van der Waals surface area contributed by atoms with E-state index in [9.17, 15) is 9.59 Å². The van der Waals surface area contributed by atoms with Crippen molar-refractivity contribution in [2.45, 2.75) is 19.3 Å². The van der Waals surface area contributed by atoms with Crippen molar-refractivity contribution in [2.75, 3.05) is 18.4 Å². The number of carbonyl (C=O) groups excluding carboxylic acids is 2. The minimum absolute atomic E-state index is 0.0344. The van der Waals surface area contributed by atoms with Gasteiger partial charge in [0.1, 0.15) is 0 Å². The summed E-state index contributed by atoms with van der Waals surface area (Å²) >= 11 is 0. The largest absolute Gasteiger partial charge is 0.333 e. The molecule has 1 heterocycles. The lowest BCUT2D eigenvalue weighted by Crippen LogP contribution is -2.40. The van der Waals surface area contributed by atoms with Gasteiger partial charge in [0.25, 0.3) is 0 Å². The van der Waals surface area contributed by atoms with Crippen LogP contribution in [-0.2, 0) is 9.59 Å². The first kappa shape index (κ1) is 13.1. The highest BCUT2D eigenvalue weighted by molar-refractivity contribution is 5.94. The number of benzene rings is 1. The second-order valence-electron chi connectivity index (χ2n) is 4.51. The molecule has 0 spiro atoms. The molecule has 1 aliphatic rings. The Balaban J connectivity index is 1.93. The Morgan fingerprint density at radius 2 is 2.26 bits per heavy atom. The van der Waals surface area contributed by atoms with Gasteiger partial charge in [0.05, 0.1) is 18.2 Å². The van der Waals surface area contributed by atoms with Gasteiger partial charge in [-0.3, -0.25) is 9.59 Å². The molecular weight excluding hydrogens is 242 g/mol. The van der Waals surface area contributed by atoms with Crippen molar-refractivity contribution in [3.8, 4) is 6.07 Å². The first-order valence-electron chi connectivity index (χ1n) is 6.27. The molecule has 1 fully saturated rings. The summed E-state index contributed by atoms with van der Waals surface area (Å²) in [6.07, 6.45) is 2.38. The Bertz CT molecular complexity index is 534. The minimum atomic E-state index is -0.231. The summed E-state index contributed by atoms with van der Waals surface area (Å²) in [6.45, 7) is 0.722. The predicted octanol–water partition coefficient (Wildman–Crippen LogP) is 1.51. The van der Waals surface area contributed by atoms with Crippen molar-refractivity contribution in [3.05, 3.63) is 29.8 Å². The van der Waals surface area contributed by atoms with E-state index < -0.39 is 0 Å². The number of nitriles is 1. The maximum absolute atomic E-state index is 11.8. The van der Waals surface area contributed by atoms with E-state index in [4.69, 9.17) is 5.26 Å². The molecule has 1 N–H and O–H groups in total. The summed E-state index contributed by atoms with van der Waals surface area (Å²) in [5.74, 6) is -0.197. The number of hydrogen-bond donors (Lipinski definition) is 1. The molecule has 0 bridgehead atoms. The predicted molar refractivity (Wildman–Crippen MR) is 70.2 cm³/mol. The fourth-order valence-electron chi connectivity index (χ4n) is 2.07. The first-order chi connectivity index (χ1) is 9.19. The fraction of sp³-hybridized carbons (Fsp3) is 0.357. The SMILES string of the molecule is N#Cc1cccc(NC(=O)CN2CCCCC2=O)c1. The number of nitrogens with zero attached hydrogens (tertiary/aromatic N) is 2. The molecule has 2 rings (SSSR count). The molecule has 1 saturated heterocycles. The van der Waals surface area contributed by atoms with Crippen LogP contribution in [0.1, 0.15) is 24.8 Å². The molecule has 0 saturated carbocycles. The standard InChI is InChI=1S/C14H15N3O2/c15-9-11-4-3-5-12(8-11)16-13(18)10-17-7-2-1-6-14(17)19/h3-5,8H,1-2,6-7,10H2,(H,16,18). The molecule has 1 aromatic rings. The van der Waals surface area contributed by atoms with Gasteiger partial charge in [0, 0.05) is 18.7 Å². The van der Waals surface area contributed by atoms with E-state index >= 15 is 0 Å². The van der Waals surface area contributed by atoms with Crippen molar-refractivity contribution in [3.63, 3.8) is 0 Å². The van der Waals surface area contributed by atoms with Crippen LogP contribution in [0.5, 0.6) is 0 Å². The van der Waals surface area contributed by atoms with Crippen LogP contribution in [0.4, 0.5) is 5.69 Å². The molecule has 0 aromatic heterocycles. The van der Waals surface area contributed by atoms with Gasteiger partial charge in [0.15, 0.2) is 0 Å². The van der Waals surface area contributed by atoms with E-state index in [1.54, 1.807) is 29.2 Å². The third-order valence-corrected chi connectivity index (χ3v) is 3.03. The lowest BCUT2D eigenvalue weighted by Gasteiger charge is -2.25. The van der Waals surface area contributed by atoms with Crippen LogP contribution in [0.3, 0.4) is 0 Å². The highest BCUT2D eigenvalue weighted by Gasteiger charge is 2.20. The smallest absolute Gasteiger partial charge is 0.243 e. The molecule has 5 nitrogen and oxygen atoms in total. The van der Waals surface area contributed by atoms with Gasteiger partial charge in [-0.15, -0.1) is 0 Å². The number of amides is 2. The van der Waals surface area contributed by atoms with Crippen molar-refractivity contribution in [1.29, 1.82) is 5.26 Å². The minimum Gasteiger partial charge on any atom is -0.333 e. The van der Waals surface area contributed by atoms with Crippen molar-refractivity contribution in [1.82, 2.24) is 4.90 Å². The van der Waals surface area contributed by atoms with Crippen molar-refractivity contribution < 1.29 is 9.59 Å². The van der Waals surface area contributed by atoms with E-state index in [0.29, 0.717) is 24.2 Å². The summed E-state index contributed by atoms with van der Waals surface area (Å²) in [7, 11) is 0. The number of anilines is 1. The summed E-state index contributed by atoms with van der Waals surface area (Å²) in [4.78, 5) is 25.0. The van der Waals surface area contributed by atoms with Crippen LogP contribution in [-0.4, -0.2) is 29.8 Å². The van der Waals surface area contributed by atoms with E-state index in [1.165, 1.54) is 0 Å². The molecule has 98 valence electrons. The van der Waals surface area contributed by atoms with E-state index in [-0.39, 0.29) is 18.4 Å². The van der Waals surface area contributed by atoms with Gasteiger partial charge in [-0.1, -0.05) is 6.07 Å². The van der Waals surface area contributed by atoms with Gasteiger partial charge in [0.2, 0.25) is 11.8 Å². The molecule has 0 atom stereocenters. The van der Waals surface area contributed by atoms with Crippen LogP contribution in [0.25, 0.3) is 0 Å². The van der Waals surface area contributed by atoms with Crippen LogP contribution in [0.15, 0.2) is 24.3 Å². The maximum atomic E-state index is 11.8. The highest BCUT2D eigenvalue weighted by Crippen LogP contribution is 2.12. The van der Waals surface area contributed by atoms with Crippen molar-refractivity contribution >= 4 is 17.5 Å². The van der Waals surface area contributed by atoms with Crippen LogP contribution < -0.4 is 5.32 Å². The Morgan fingerprint density at radius 3 is 3.00 bits per heavy atom. The van der Waals surface area contributed by atoms with Gasteiger partial charge >= 0.3 is 0 Å². The average Bonchev–Trinajstić information content (AvgIpc) is 2.41. The zero-order valence-corrected chi connectivity index (χ0v) is 10.6. The fourth-order valence-corrected chi connectivity index (χ4v) is 2.07. The van der Waals surface area contributed by atoms with Crippen molar-refractivity contribution in [2.24, 2.45) is 0 Å². The molecule has 1 aromatic carbocycles. The summed E-state index contributed by atoms with van der Waals surface area (Å²) in [5.41, 5.74) is 1.07. The van der Waals surface area contributed by atoms with E-state index in [0.717, 1.165) is 12.8 Å². The quantitative estimate of drug-likeness (QED) is 0.892. The second-order valence-corrected chi connectivity index (χ2v) is 4.51. The van der Waals surface area contributed by atoms with Crippen LogP contribution in [0.2, 0.25) is 0 Å². The lowest BCUT2D eigenvalue weighted by atomic mass is 10.1. The molecule has 2 amide bonds. The summed E-state index contributed by atoms with van der Waals surface area (Å²) in [5, 5.41) is 11.5. The molecule has 0 radical (unpaired) electrons. The number of hydrogen-bond acceptors (Lipinski definition) is 3. The van der Waals surface area contributed by atoms with Crippen LogP contribution >= 0.6 is 0 Å². The third kappa shape index (κ3) is 3.55. The molecule has 0 aliphatic carbocycles. The highest BCUT2D eigenvalue weighted by atomic mass is 16.2. The van der Waals surface area contributed by atoms with E-state index in [1.807, 2.05) is 6.07 Å². The number of carbonyl (C=O) groups is 2. The van der Waals surface area contributed by atoms with Gasteiger partial charge in [-0.25, -0.2) is 0 Å². The second kappa shape index (κ2) is 6.01. The summed E-state index contributed by atoms with van der Waals surface area (Å²) in [6, 6.07) is 8.72. The molecule has 19 heavy (non-hydrogen) atoms. The Hall–Kier alpha value is -2.35. The number of rotatable bonds is 3. The zero-order valence-electron chi connectivity index (χ0n) is 10.6. The van der Waals surface area contributed by atoms with E-state index in [2.05, 4.69) is 5.32 Å². The molecule has 1 aliphatic heterocycles. The summed E-state index contributed by atoms with van der Waals surface area (Å²) < 4.78 is 0.